The van der Waals surface area contributed by atoms with Crippen LogP contribution in [0.25, 0.3) is 22.5 Å². The quantitative estimate of drug-likeness (QED) is 0.397. The van der Waals surface area contributed by atoms with E-state index in [0.717, 1.165) is 22.5 Å². The standard InChI is InChI=1S/C23H21N5O2S2/c1-14-20(15-8-4-3-5-9-15)17(12-31-14)22-26-27-23(28(22)2)32-13-19(29)25-18-11-7-6-10-16(18)21(24)30/h3-12H,13H2,1-2H3,(H2,24,30)(H,25,29). The molecule has 9 heteroatoms. The van der Waals surface area contributed by atoms with E-state index in [1.165, 1.54) is 16.6 Å². The van der Waals surface area contributed by atoms with E-state index in [0.29, 0.717) is 10.8 Å². The molecule has 0 radical (unpaired) electrons. The van der Waals surface area contributed by atoms with Crippen molar-refractivity contribution < 1.29 is 9.59 Å². The van der Waals surface area contributed by atoms with E-state index in [2.05, 4.69) is 40.0 Å². The average Bonchev–Trinajstić information content (AvgIpc) is 3.35. The number of nitrogens with one attached hydrogen (secondary N) is 1. The van der Waals surface area contributed by atoms with Crippen LogP contribution in [-0.2, 0) is 11.8 Å². The van der Waals surface area contributed by atoms with Gasteiger partial charge in [0.25, 0.3) is 5.91 Å². The molecule has 4 aromatic rings. The molecule has 162 valence electrons. The second-order valence-corrected chi connectivity index (χ2v) is 9.08. The maximum absolute atomic E-state index is 12.5. The van der Waals surface area contributed by atoms with E-state index in [1.54, 1.807) is 35.6 Å². The number of benzene rings is 2. The lowest BCUT2D eigenvalue weighted by atomic mass is 10.0. The van der Waals surface area contributed by atoms with Gasteiger partial charge in [-0.2, -0.15) is 0 Å². The minimum Gasteiger partial charge on any atom is -0.366 e. The summed E-state index contributed by atoms with van der Waals surface area (Å²) in [5, 5.41) is 14.1. The molecule has 7 nitrogen and oxygen atoms in total. The first-order valence-corrected chi connectivity index (χ1v) is 11.7. The number of amides is 2. The summed E-state index contributed by atoms with van der Waals surface area (Å²) in [5.41, 5.74) is 9.33. The van der Waals surface area contributed by atoms with Crippen LogP contribution in [0.4, 0.5) is 5.69 Å². The molecule has 0 saturated carbocycles. The van der Waals surface area contributed by atoms with Gasteiger partial charge in [0.1, 0.15) is 0 Å². The third-order valence-corrected chi connectivity index (χ3v) is 6.84. The highest BCUT2D eigenvalue weighted by Crippen LogP contribution is 2.38. The van der Waals surface area contributed by atoms with Crippen molar-refractivity contribution in [1.29, 1.82) is 0 Å². The number of para-hydroxylation sites is 1. The summed E-state index contributed by atoms with van der Waals surface area (Å²) in [6, 6.07) is 16.8. The second-order valence-electron chi connectivity index (χ2n) is 7.06. The van der Waals surface area contributed by atoms with Crippen molar-refractivity contribution in [2.75, 3.05) is 11.1 Å². The third kappa shape index (κ3) is 4.44. The topological polar surface area (TPSA) is 103 Å². The van der Waals surface area contributed by atoms with Crippen molar-refractivity contribution in [1.82, 2.24) is 14.8 Å². The predicted octanol–water partition coefficient (Wildman–Crippen LogP) is 4.35. The Morgan fingerprint density at radius 1 is 1.09 bits per heavy atom. The molecule has 0 saturated heterocycles. The van der Waals surface area contributed by atoms with Gasteiger partial charge >= 0.3 is 0 Å². The highest BCUT2D eigenvalue weighted by atomic mass is 32.2. The predicted molar refractivity (Wildman–Crippen MR) is 129 cm³/mol. The molecule has 4 rings (SSSR count). The van der Waals surface area contributed by atoms with Gasteiger partial charge in [0.2, 0.25) is 5.91 Å². The number of anilines is 1. The fourth-order valence-electron chi connectivity index (χ4n) is 3.38. The van der Waals surface area contributed by atoms with Crippen LogP contribution in [0, 0.1) is 6.92 Å². The lowest BCUT2D eigenvalue weighted by Crippen LogP contribution is -2.19. The lowest BCUT2D eigenvalue weighted by Gasteiger charge is -2.09. The van der Waals surface area contributed by atoms with E-state index in [4.69, 9.17) is 5.73 Å². The summed E-state index contributed by atoms with van der Waals surface area (Å²) in [7, 11) is 1.89. The second kappa shape index (κ2) is 9.37. The molecule has 0 fully saturated rings. The minimum absolute atomic E-state index is 0.118. The fraction of sp³-hybridized carbons (Fsp3) is 0.130. The van der Waals surface area contributed by atoms with Gasteiger partial charge in [0, 0.05) is 28.4 Å². The van der Waals surface area contributed by atoms with E-state index in [9.17, 15) is 9.59 Å². The zero-order valence-electron chi connectivity index (χ0n) is 17.5. The first-order chi connectivity index (χ1) is 15.5. The molecular weight excluding hydrogens is 442 g/mol. The summed E-state index contributed by atoms with van der Waals surface area (Å²) in [6.45, 7) is 2.09. The summed E-state index contributed by atoms with van der Waals surface area (Å²) in [6.07, 6.45) is 0. The van der Waals surface area contributed by atoms with Gasteiger partial charge in [-0.3, -0.25) is 9.59 Å². The number of hydrogen-bond donors (Lipinski definition) is 2. The Morgan fingerprint density at radius 2 is 1.81 bits per heavy atom. The van der Waals surface area contributed by atoms with Crippen LogP contribution in [0.1, 0.15) is 15.2 Å². The Bertz CT molecular complexity index is 1280. The van der Waals surface area contributed by atoms with Crippen molar-refractivity contribution in [2.45, 2.75) is 12.1 Å². The molecule has 32 heavy (non-hydrogen) atoms. The third-order valence-electron chi connectivity index (χ3n) is 4.91. The number of carbonyl (C=O) groups is 2. The monoisotopic (exact) mass is 463 g/mol. The normalized spacial score (nSPS) is 10.8. The zero-order chi connectivity index (χ0) is 22.7. The van der Waals surface area contributed by atoms with Crippen LogP contribution in [0.15, 0.2) is 65.1 Å². The molecule has 2 heterocycles. The number of thioether (sulfide) groups is 1. The number of primary amides is 1. The molecule has 2 amide bonds. The summed E-state index contributed by atoms with van der Waals surface area (Å²) >= 11 is 2.95. The van der Waals surface area contributed by atoms with Gasteiger partial charge < -0.3 is 15.6 Å². The number of aryl methyl sites for hydroxylation is 1. The molecule has 0 atom stereocenters. The van der Waals surface area contributed by atoms with Gasteiger partial charge in [-0.05, 0) is 24.6 Å². The Morgan fingerprint density at radius 3 is 2.56 bits per heavy atom. The molecule has 0 unspecified atom stereocenters. The van der Waals surface area contributed by atoms with E-state index < -0.39 is 5.91 Å². The molecule has 0 aliphatic rings. The maximum atomic E-state index is 12.5. The molecule has 0 spiro atoms. The molecule has 0 aliphatic carbocycles. The Labute approximate surface area is 193 Å². The largest absolute Gasteiger partial charge is 0.366 e. The van der Waals surface area contributed by atoms with Crippen LogP contribution in [-0.4, -0.2) is 32.3 Å². The minimum atomic E-state index is -0.591. The lowest BCUT2D eigenvalue weighted by molar-refractivity contribution is -0.113. The van der Waals surface area contributed by atoms with Gasteiger partial charge in [0.15, 0.2) is 11.0 Å². The number of nitrogens with two attached hydrogens (primary N) is 1. The SMILES string of the molecule is Cc1scc(-c2nnc(SCC(=O)Nc3ccccc3C(N)=O)n2C)c1-c1ccccc1. The van der Waals surface area contributed by atoms with Crippen LogP contribution in [0.5, 0.6) is 0 Å². The van der Waals surface area contributed by atoms with Gasteiger partial charge in [-0.15, -0.1) is 21.5 Å². The van der Waals surface area contributed by atoms with Crippen LogP contribution in [0.2, 0.25) is 0 Å². The van der Waals surface area contributed by atoms with Crippen molar-refractivity contribution in [3.05, 3.63) is 70.4 Å². The number of nitrogens with zero attached hydrogens (tertiary/aromatic N) is 3. The maximum Gasteiger partial charge on any atom is 0.250 e. The van der Waals surface area contributed by atoms with Crippen LogP contribution < -0.4 is 11.1 Å². The van der Waals surface area contributed by atoms with Crippen LogP contribution in [0.3, 0.4) is 0 Å². The van der Waals surface area contributed by atoms with E-state index in [1.807, 2.05) is 29.8 Å². The number of rotatable bonds is 7. The van der Waals surface area contributed by atoms with Crippen molar-refractivity contribution in [3.63, 3.8) is 0 Å². The van der Waals surface area contributed by atoms with Gasteiger partial charge in [0.05, 0.1) is 17.0 Å². The van der Waals surface area contributed by atoms with Crippen LogP contribution >= 0.6 is 23.1 Å². The van der Waals surface area contributed by atoms with Crippen molar-refractivity contribution in [2.24, 2.45) is 12.8 Å². The Kier molecular flexibility index (Phi) is 6.38. The van der Waals surface area contributed by atoms with Crippen molar-refractivity contribution in [3.8, 4) is 22.5 Å². The molecular formula is C23H21N5O2S2. The highest BCUT2D eigenvalue weighted by molar-refractivity contribution is 7.99. The van der Waals surface area contributed by atoms with Crippen molar-refractivity contribution >= 4 is 40.6 Å². The summed E-state index contributed by atoms with van der Waals surface area (Å²) in [4.78, 5) is 25.2. The molecule has 2 aromatic heterocycles. The summed E-state index contributed by atoms with van der Waals surface area (Å²) < 4.78 is 1.89. The Balaban J connectivity index is 1.51. The highest BCUT2D eigenvalue weighted by Gasteiger charge is 2.19. The first-order valence-electron chi connectivity index (χ1n) is 9.80. The van der Waals surface area contributed by atoms with Gasteiger partial charge in [-0.1, -0.05) is 54.2 Å². The van der Waals surface area contributed by atoms with E-state index in [-0.39, 0.29) is 17.2 Å². The molecule has 0 aliphatic heterocycles. The fourth-order valence-corrected chi connectivity index (χ4v) is 4.96. The van der Waals surface area contributed by atoms with Gasteiger partial charge in [-0.25, -0.2) is 0 Å². The average molecular weight is 464 g/mol. The molecule has 3 N–H and O–H groups in total. The number of hydrogen-bond acceptors (Lipinski definition) is 6. The smallest absolute Gasteiger partial charge is 0.250 e. The first kappa shape index (κ1) is 21.8. The Hall–Kier alpha value is -3.43. The molecule has 0 bridgehead atoms. The number of thiophene rings is 1. The number of carbonyl (C=O) groups excluding carboxylic acids is 2. The summed E-state index contributed by atoms with van der Waals surface area (Å²) in [5.74, 6) is 0.0133. The molecule has 2 aromatic carbocycles. The number of aromatic nitrogens is 3. The van der Waals surface area contributed by atoms with E-state index >= 15 is 0 Å². The zero-order valence-corrected chi connectivity index (χ0v) is 19.2.